The maximum absolute atomic E-state index is 4.18. The van der Waals surface area contributed by atoms with Crippen molar-refractivity contribution in [1.29, 1.82) is 0 Å². The van der Waals surface area contributed by atoms with Crippen LogP contribution in [0.25, 0.3) is 0 Å². The second-order valence-corrected chi connectivity index (χ2v) is 3.42. The van der Waals surface area contributed by atoms with Crippen molar-refractivity contribution < 1.29 is 0 Å². The van der Waals surface area contributed by atoms with Gasteiger partial charge in [0.25, 0.3) is 0 Å². The predicted octanol–water partition coefficient (Wildman–Crippen LogP) is 3.05. The van der Waals surface area contributed by atoms with Crippen LogP contribution >= 0.6 is 0 Å². The van der Waals surface area contributed by atoms with E-state index in [9.17, 15) is 0 Å². The first kappa shape index (κ1) is 9.71. The van der Waals surface area contributed by atoms with Crippen molar-refractivity contribution in [2.24, 2.45) is 0 Å². The summed E-state index contributed by atoms with van der Waals surface area (Å²) in [7, 11) is 0. The van der Waals surface area contributed by atoms with Crippen molar-refractivity contribution >= 4 is 5.82 Å². The summed E-state index contributed by atoms with van der Waals surface area (Å²) < 4.78 is 0. The largest absolute Gasteiger partial charge is 0.364 e. The van der Waals surface area contributed by atoms with Gasteiger partial charge in [-0.1, -0.05) is 30.3 Å². The fourth-order valence-corrected chi connectivity index (χ4v) is 1.45. The van der Waals surface area contributed by atoms with Crippen molar-refractivity contribution in [3.8, 4) is 0 Å². The van der Waals surface area contributed by atoms with E-state index >= 15 is 0 Å². The normalized spacial score (nSPS) is 12.1. The molecule has 75 valence electrons. The average molecular weight is 197 g/mol. The van der Waals surface area contributed by atoms with E-state index in [0.29, 0.717) is 0 Å². The number of nitrogens with zero attached hydrogens (tertiary/aromatic N) is 1. The quantitative estimate of drug-likeness (QED) is 0.818. The molecule has 1 heterocycles. The molecule has 0 saturated carbocycles. The second-order valence-electron chi connectivity index (χ2n) is 3.42. The summed E-state index contributed by atoms with van der Waals surface area (Å²) in [6.07, 6.45) is 1.67. The Morgan fingerprint density at radius 3 is 2.67 bits per heavy atom. The van der Waals surface area contributed by atoms with Gasteiger partial charge in [-0.25, -0.2) is 4.98 Å². The predicted molar refractivity (Wildman–Crippen MR) is 61.6 cm³/mol. The number of nitrogens with one attached hydrogen (secondary N) is 1. The fraction of sp³-hybridized carbons (Fsp3) is 0.154. The van der Waals surface area contributed by atoms with E-state index in [4.69, 9.17) is 0 Å². The Morgan fingerprint density at radius 1 is 1.20 bits per heavy atom. The molecule has 0 amide bonds. The summed E-state index contributed by atoms with van der Waals surface area (Å²) in [5, 5.41) is 3.33. The smallest absolute Gasteiger partial charge is 0.126 e. The molecule has 1 N–H and O–H groups in total. The van der Waals surface area contributed by atoms with Gasteiger partial charge in [0, 0.05) is 18.3 Å². The second kappa shape index (κ2) is 4.60. The molecule has 1 aromatic heterocycles. The number of hydrogen-bond donors (Lipinski definition) is 1. The first-order valence-corrected chi connectivity index (χ1v) is 5.00. The van der Waals surface area contributed by atoms with E-state index in [-0.39, 0.29) is 6.04 Å². The highest BCUT2D eigenvalue weighted by Crippen LogP contribution is 2.16. The first-order chi connectivity index (χ1) is 7.36. The van der Waals surface area contributed by atoms with Crippen LogP contribution in [0, 0.1) is 6.07 Å². The van der Waals surface area contributed by atoms with Crippen molar-refractivity contribution in [1.82, 2.24) is 4.98 Å². The zero-order valence-electron chi connectivity index (χ0n) is 8.64. The third kappa shape index (κ3) is 2.56. The van der Waals surface area contributed by atoms with Gasteiger partial charge in [0.05, 0.1) is 0 Å². The van der Waals surface area contributed by atoms with E-state index in [1.807, 2.05) is 30.3 Å². The molecule has 0 aliphatic heterocycles. The minimum Gasteiger partial charge on any atom is -0.364 e. The Hall–Kier alpha value is -1.83. The third-order valence-electron chi connectivity index (χ3n) is 2.28. The van der Waals surface area contributed by atoms with Crippen LogP contribution in [-0.4, -0.2) is 4.98 Å². The van der Waals surface area contributed by atoms with Crippen LogP contribution in [0.2, 0.25) is 0 Å². The lowest BCUT2D eigenvalue weighted by Gasteiger charge is -2.14. The van der Waals surface area contributed by atoms with Gasteiger partial charge < -0.3 is 5.32 Å². The highest BCUT2D eigenvalue weighted by Gasteiger charge is 2.03. The summed E-state index contributed by atoms with van der Waals surface area (Å²) in [5.41, 5.74) is 1.26. The topological polar surface area (TPSA) is 24.9 Å². The molecular weight excluding hydrogens is 184 g/mol. The van der Waals surface area contributed by atoms with Crippen LogP contribution < -0.4 is 5.32 Å². The number of anilines is 1. The maximum Gasteiger partial charge on any atom is 0.126 e. The van der Waals surface area contributed by atoms with Crippen LogP contribution in [0.1, 0.15) is 18.5 Å². The zero-order valence-corrected chi connectivity index (χ0v) is 8.64. The van der Waals surface area contributed by atoms with Crippen molar-refractivity contribution in [2.45, 2.75) is 13.0 Å². The molecule has 1 aromatic carbocycles. The molecule has 1 atom stereocenters. The van der Waals surface area contributed by atoms with Crippen molar-refractivity contribution in [3.63, 3.8) is 0 Å². The molecule has 0 spiro atoms. The number of rotatable bonds is 3. The molecule has 2 rings (SSSR count). The summed E-state index contributed by atoms with van der Waals surface area (Å²) >= 11 is 0. The monoisotopic (exact) mass is 197 g/mol. The Labute approximate surface area is 90.0 Å². The summed E-state index contributed by atoms with van der Waals surface area (Å²) in [5.74, 6) is 0.880. The summed E-state index contributed by atoms with van der Waals surface area (Å²) in [4.78, 5) is 4.18. The van der Waals surface area contributed by atoms with E-state index in [0.717, 1.165) is 5.82 Å². The van der Waals surface area contributed by atoms with Gasteiger partial charge >= 0.3 is 0 Å². The van der Waals surface area contributed by atoms with Gasteiger partial charge in [-0.05, 0) is 24.6 Å². The molecule has 0 bridgehead atoms. The Bertz CT molecular complexity index is 397. The summed E-state index contributed by atoms with van der Waals surface area (Å²) in [6.45, 7) is 2.12. The standard InChI is InChI=1S/C13H13N2/c1-11(12-7-3-2-4-8-12)15-13-9-5-6-10-14-13/h2-5,7-11H,1H3,(H,14,15). The Kier molecular flexibility index (Phi) is 2.98. The van der Waals surface area contributed by atoms with Crippen LogP contribution in [0.4, 0.5) is 5.82 Å². The van der Waals surface area contributed by atoms with Crippen LogP contribution in [0.3, 0.4) is 0 Å². The molecule has 0 aliphatic carbocycles. The minimum atomic E-state index is 0.265. The number of aromatic nitrogens is 1. The van der Waals surface area contributed by atoms with Crippen molar-refractivity contribution in [3.05, 3.63) is 60.3 Å². The summed E-state index contributed by atoms with van der Waals surface area (Å²) in [6, 6.07) is 17.2. The lowest BCUT2D eigenvalue weighted by Crippen LogP contribution is -2.07. The molecule has 1 unspecified atom stereocenters. The molecular formula is C13H13N2. The number of benzene rings is 1. The molecule has 1 radical (unpaired) electrons. The lowest BCUT2D eigenvalue weighted by molar-refractivity contribution is 0.874. The molecule has 0 saturated heterocycles. The molecule has 2 aromatic rings. The maximum atomic E-state index is 4.18. The molecule has 15 heavy (non-hydrogen) atoms. The molecule has 2 nitrogen and oxygen atoms in total. The van der Waals surface area contributed by atoms with Gasteiger partial charge in [-0.3, -0.25) is 0 Å². The Balaban J connectivity index is 2.08. The highest BCUT2D eigenvalue weighted by molar-refractivity contribution is 5.37. The van der Waals surface area contributed by atoms with Gasteiger partial charge in [0.1, 0.15) is 5.82 Å². The van der Waals surface area contributed by atoms with E-state index in [2.05, 4.69) is 35.4 Å². The highest BCUT2D eigenvalue weighted by atomic mass is 15.0. The number of pyridine rings is 1. The van der Waals surface area contributed by atoms with Gasteiger partial charge in [-0.2, -0.15) is 0 Å². The van der Waals surface area contributed by atoms with Crippen LogP contribution in [0.15, 0.2) is 48.7 Å². The number of hydrogen-bond acceptors (Lipinski definition) is 2. The molecule has 2 heteroatoms. The minimum absolute atomic E-state index is 0.265. The van der Waals surface area contributed by atoms with Gasteiger partial charge in [0.2, 0.25) is 0 Å². The van der Waals surface area contributed by atoms with E-state index in [1.54, 1.807) is 6.20 Å². The van der Waals surface area contributed by atoms with Gasteiger partial charge in [0.15, 0.2) is 0 Å². The lowest BCUT2D eigenvalue weighted by atomic mass is 10.1. The fourth-order valence-electron chi connectivity index (χ4n) is 1.45. The van der Waals surface area contributed by atoms with E-state index < -0.39 is 0 Å². The average Bonchev–Trinajstić information content (AvgIpc) is 2.31. The SMILES string of the molecule is CC(Nc1cc[c]cn1)c1ccccc1. The first-order valence-electron chi connectivity index (χ1n) is 5.00. The molecule has 0 fully saturated rings. The zero-order chi connectivity index (χ0) is 10.5. The third-order valence-corrected chi connectivity index (χ3v) is 2.28. The van der Waals surface area contributed by atoms with Crippen molar-refractivity contribution in [2.75, 3.05) is 5.32 Å². The van der Waals surface area contributed by atoms with Crippen LogP contribution in [0.5, 0.6) is 0 Å². The Morgan fingerprint density at radius 2 is 2.00 bits per heavy atom. The van der Waals surface area contributed by atoms with E-state index in [1.165, 1.54) is 5.56 Å². The molecule has 0 aliphatic rings. The van der Waals surface area contributed by atoms with Gasteiger partial charge in [-0.15, -0.1) is 0 Å². The van der Waals surface area contributed by atoms with Crippen LogP contribution in [-0.2, 0) is 0 Å².